The zero-order valence-corrected chi connectivity index (χ0v) is 8.30. The Balaban J connectivity index is 2.51. The van der Waals surface area contributed by atoms with Crippen molar-refractivity contribution in [1.82, 2.24) is 14.8 Å². The smallest absolute Gasteiger partial charge is 0.180 e. The number of rotatable bonds is 1. The van der Waals surface area contributed by atoms with E-state index in [2.05, 4.69) is 10.1 Å². The molecule has 0 amide bonds. The van der Waals surface area contributed by atoms with E-state index in [1.807, 2.05) is 25.5 Å². The van der Waals surface area contributed by atoms with Crippen molar-refractivity contribution in [3.8, 4) is 11.4 Å². The Morgan fingerprint density at radius 2 is 2.31 bits per heavy atom. The molecule has 0 fully saturated rings. The van der Waals surface area contributed by atoms with Crippen LogP contribution in [0.25, 0.3) is 11.4 Å². The predicted molar refractivity (Wildman–Crippen MR) is 53.5 cm³/mol. The fourth-order valence-electron chi connectivity index (χ4n) is 1.26. The van der Waals surface area contributed by atoms with Gasteiger partial charge in [0, 0.05) is 18.6 Å². The fraction of sp³-hybridized carbons (Fsp3) is 0.250. The Labute approximate surface area is 80.0 Å². The summed E-state index contributed by atoms with van der Waals surface area (Å²) in [6, 6.07) is 0. The molecule has 2 aromatic heterocycles. The van der Waals surface area contributed by atoms with Crippen LogP contribution < -0.4 is 5.73 Å². The quantitative estimate of drug-likeness (QED) is 0.747. The zero-order chi connectivity index (χ0) is 9.42. The predicted octanol–water partition coefficient (Wildman–Crippen LogP) is 1.43. The molecule has 68 valence electrons. The third-order valence-electron chi connectivity index (χ3n) is 1.78. The first-order valence-corrected chi connectivity index (χ1v) is 4.76. The van der Waals surface area contributed by atoms with E-state index in [0.717, 1.165) is 17.0 Å². The highest BCUT2D eigenvalue weighted by atomic mass is 32.1. The van der Waals surface area contributed by atoms with E-state index in [0.29, 0.717) is 5.13 Å². The standard InChI is InChI=1S/C8H10N4S/c1-5-3-12(2)11-7(5)6-4-13-8(9)10-6/h3-4H,1-2H3,(H2,9,10). The van der Waals surface area contributed by atoms with E-state index in [4.69, 9.17) is 5.73 Å². The van der Waals surface area contributed by atoms with Gasteiger partial charge in [0.05, 0.1) is 0 Å². The SMILES string of the molecule is Cc1cn(C)nc1-c1csc(N)n1. The van der Waals surface area contributed by atoms with Crippen molar-refractivity contribution in [3.05, 3.63) is 17.1 Å². The minimum atomic E-state index is 0.583. The van der Waals surface area contributed by atoms with Gasteiger partial charge in [0.2, 0.25) is 0 Å². The second kappa shape index (κ2) is 2.85. The summed E-state index contributed by atoms with van der Waals surface area (Å²) in [6.45, 7) is 2.01. The first kappa shape index (κ1) is 8.25. The van der Waals surface area contributed by atoms with Gasteiger partial charge in [-0.2, -0.15) is 5.10 Å². The van der Waals surface area contributed by atoms with Crippen molar-refractivity contribution in [2.24, 2.45) is 7.05 Å². The van der Waals surface area contributed by atoms with Crippen LogP contribution in [0.4, 0.5) is 5.13 Å². The normalized spacial score (nSPS) is 10.6. The lowest BCUT2D eigenvalue weighted by Crippen LogP contribution is -1.88. The summed E-state index contributed by atoms with van der Waals surface area (Å²) in [4.78, 5) is 4.18. The second-order valence-electron chi connectivity index (χ2n) is 2.91. The van der Waals surface area contributed by atoms with Gasteiger partial charge in [0.15, 0.2) is 5.13 Å². The maximum Gasteiger partial charge on any atom is 0.180 e. The molecule has 0 saturated heterocycles. The number of nitrogens with two attached hydrogens (primary N) is 1. The highest BCUT2D eigenvalue weighted by Gasteiger charge is 2.08. The van der Waals surface area contributed by atoms with Gasteiger partial charge in [-0.25, -0.2) is 4.98 Å². The van der Waals surface area contributed by atoms with Gasteiger partial charge < -0.3 is 5.73 Å². The Hall–Kier alpha value is -1.36. The zero-order valence-electron chi connectivity index (χ0n) is 7.48. The number of aryl methyl sites for hydroxylation is 2. The highest BCUT2D eigenvalue weighted by Crippen LogP contribution is 2.23. The molecule has 0 aliphatic carbocycles. The van der Waals surface area contributed by atoms with Crippen molar-refractivity contribution < 1.29 is 0 Å². The van der Waals surface area contributed by atoms with Crippen molar-refractivity contribution in [2.45, 2.75) is 6.92 Å². The Kier molecular flexibility index (Phi) is 1.81. The molecule has 0 atom stereocenters. The van der Waals surface area contributed by atoms with Crippen LogP contribution in [0.1, 0.15) is 5.56 Å². The Bertz CT molecular complexity index is 429. The van der Waals surface area contributed by atoms with E-state index in [1.165, 1.54) is 11.3 Å². The van der Waals surface area contributed by atoms with Crippen LogP contribution in [0.2, 0.25) is 0 Å². The lowest BCUT2D eigenvalue weighted by molar-refractivity contribution is 0.769. The molecule has 0 radical (unpaired) electrons. The van der Waals surface area contributed by atoms with Crippen LogP contribution >= 0.6 is 11.3 Å². The maximum atomic E-state index is 5.55. The number of nitrogen functional groups attached to an aromatic ring is 1. The summed E-state index contributed by atoms with van der Waals surface area (Å²) >= 11 is 1.43. The molecule has 5 heteroatoms. The summed E-state index contributed by atoms with van der Waals surface area (Å²) < 4.78 is 1.78. The third kappa shape index (κ3) is 1.42. The van der Waals surface area contributed by atoms with Crippen molar-refractivity contribution in [1.29, 1.82) is 0 Å². The average molecular weight is 194 g/mol. The Morgan fingerprint density at radius 3 is 2.77 bits per heavy atom. The van der Waals surface area contributed by atoms with Gasteiger partial charge in [-0.1, -0.05) is 0 Å². The van der Waals surface area contributed by atoms with Crippen LogP contribution in [-0.4, -0.2) is 14.8 Å². The molecule has 0 saturated carbocycles. The molecule has 0 spiro atoms. The van der Waals surface area contributed by atoms with Crippen LogP contribution in [0.5, 0.6) is 0 Å². The van der Waals surface area contributed by atoms with E-state index in [-0.39, 0.29) is 0 Å². The number of anilines is 1. The van der Waals surface area contributed by atoms with Crippen molar-refractivity contribution in [3.63, 3.8) is 0 Å². The lowest BCUT2D eigenvalue weighted by Gasteiger charge is -1.89. The number of hydrogen-bond acceptors (Lipinski definition) is 4. The van der Waals surface area contributed by atoms with E-state index < -0.39 is 0 Å². The van der Waals surface area contributed by atoms with Crippen molar-refractivity contribution >= 4 is 16.5 Å². The van der Waals surface area contributed by atoms with E-state index in [1.54, 1.807) is 4.68 Å². The molecule has 2 aromatic rings. The molecule has 0 unspecified atom stereocenters. The molecule has 0 aliphatic heterocycles. The van der Waals surface area contributed by atoms with Crippen LogP contribution in [0, 0.1) is 6.92 Å². The number of hydrogen-bond donors (Lipinski definition) is 1. The van der Waals surface area contributed by atoms with E-state index in [9.17, 15) is 0 Å². The number of thiazole rings is 1. The molecule has 4 nitrogen and oxygen atoms in total. The molecule has 0 bridgehead atoms. The molecule has 13 heavy (non-hydrogen) atoms. The summed E-state index contributed by atoms with van der Waals surface area (Å²) in [5, 5.41) is 6.80. The summed E-state index contributed by atoms with van der Waals surface area (Å²) in [6.07, 6.45) is 1.96. The van der Waals surface area contributed by atoms with Crippen LogP contribution in [0.3, 0.4) is 0 Å². The molecule has 2 rings (SSSR count). The highest BCUT2D eigenvalue weighted by molar-refractivity contribution is 7.13. The van der Waals surface area contributed by atoms with Gasteiger partial charge in [-0.05, 0) is 12.5 Å². The summed E-state index contributed by atoms with van der Waals surface area (Å²) in [5.41, 5.74) is 8.44. The maximum absolute atomic E-state index is 5.55. The van der Waals surface area contributed by atoms with Gasteiger partial charge in [0.25, 0.3) is 0 Å². The molecule has 0 aromatic carbocycles. The molecule has 2 heterocycles. The van der Waals surface area contributed by atoms with Crippen LogP contribution in [-0.2, 0) is 7.05 Å². The molecular weight excluding hydrogens is 184 g/mol. The second-order valence-corrected chi connectivity index (χ2v) is 3.80. The largest absolute Gasteiger partial charge is 0.375 e. The van der Waals surface area contributed by atoms with Gasteiger partial charge in [-0.3, -0.25) is 4.68 Å². The summed E-state index contributed by atoms with van der Waals surface area (Å²) in [7, 11) is 1.90. The minimum Gasteiger partial charge on any atom is -0.375 e. The van der Waals surface area contributed by atoms with E-state index >= 15 is 0 Å². The Morgan fingerprint density at radius 1 is 1.54 bits per heavy atom. The van der Waals surface area contributed by atoms with Gasteiger partial charge >= 0.3 is 0 Å². The average Bonchev–Trinajstić information content (AvgIpc) is 2.58. The molecular formula is C8H10N4S. The van der Waals surface area contributed by atoms with Gasteiger partial charge in [0.1, 0.15) is 11.4 Å². The topological polar surface area (TPSA) is 56.7 Å². The number of aromatic nitrogens is 3. The summed E-state index contributed by atoms with van der Waals surface area (Å²) in [5.74, 6) is 0. The molecule has 2 N–H and O–H groups in total. The monoisotopic (exact) mass is 194 g/mol. The first-order chi connectivity index (χ1) is 6.16. The number of nitrogens with zero attached hydrogens (tertiary/aromatic N) is 3. The van der Waals surface area contributed by atoms with Crippen molar-refractivity contribution in [2.75, 3.05) is 5.73 Å². The minimum absolute atomic E-state index is 0.583. The third-order valence-corrected chi connectivity index (χ3v) is 2.45. The van der Waals surface area contributed by atoms with Crippen LogP contribution in [0.15, 0.2) is 11.6 Å². The first-order valence-electron chi connectivity index (χ1n) is 3.88. The van der Waals surface area contributed by atoms with Gasteiger partial charge in [-0.15, -0.1) is 11.3 Å². The molecule has 0 aliphatic rings. The lowest BCUT2D eigenvalue weighted by atomic mass is 10.2. The fourth-order valence-corrected chi connectivity index (χ4v) is 1.80.